The van der Waals surface area contributed by atoms with E-state index in [1.165, 1.54) is 12.8 Å². The van der Waals surface area contributed by atoms with Crippen LogP contribution in [0.4, 0.5) is 0 Å². The van der Waals surface area contributed by atoms with Crippen molar-refractivity contribution >= 4 is 15.4 Å². The van der Waals surface area contributed by atoms with Crippen LogP contribution in [0.2, 0.25) is 0 Å². The molecule has 0 saturated carbocycles. The van der Waals surface area contributed by atoms with E-state index in [0.717, 1.165) is 12.8 Å². The van der Waals surface area contributed by atoms with Crippen molar-refractivity contribution in [3.05, 3.63) is 29.8 Å². The Kier molecular flexibility index (Phi) is 10.7. The van der Waals surface area contributed by atoms with Gasteiger partial charge in [-0.15, -0.1) is 0 Å². The van der Waals surface area contributed by atoms with Crippen LogP contribution in [-0.4, -0.2) is 24.7 Å². The van der Waals surface area contributed by atoms with Crippen LogP contribution >= 0.6 is 15.4 Å². The highest BCUT2D eigenvalue weighted by Crippen LogP contribution is 2.64. The number of rotatable bonds is 14. The van der Waals surface area contributed by atoms with Gasteiger partial charge in [0.25, 0.3) is 0 Å². The van der Waals surface area contributed by atoms with Gasteiger partial charge in [-0.1, -0.05) is 38.3 Å². The van der Waals surface area contributed by atoms with Gasteiger partial charge in [0, 0.05) is 0 Å². The molecule has 1 aromatic carbocycles. The molecule has 1 atom stereocenters. The van der Waals surface area contributed by atoms with Crippen LogP contribution < -0.4 is 4.74 Å². The molecule has 0 aliphatic carbocycles. The molecule has 0 aromatic heterocycles. The quantitative estimate of drug-likeness (QED) is 0.320. The number of hydrogen-bond acceptors (Lipinski definition) is 6. The summed E-state index contributed by atoms with van der Waals surface area (Å²) in [5.41, 5.74) is 0.564. The summed E-state index contributed by atoms with van der Waals surface area (Å²) in [7, 11) is -8.25. The molecular weight excluding hydrogens is 378 g/mol. The Labute approximate surface area is 156 Å². The van der Waals surface area contributed by atoms with Crippen molar-refractivity contribution in [2.45, 2.75) is 52.6 Å². The Morgan fingerprint density at radius 1 is 0.923 bits per heavy atom. The predicted molar refractivity (Wildman–Crippen MR) is 102 cm³/mol. The van der Waals surface area contributed by atoms with Gasteiger partial charge in [-0.2, -0.15) is 0 Å². The molecule has 1 N–H and O–H groups in total. The zero-order valence-corrected chi connectivity index (χ0v) is 17.5. The van der Waals surface area contributed by atoms with Crippen LogP contribution in [0.15, 0.2) is 24.3 Å². The van der Waals surface area contributed by atoms with Gasteiger partial charge in [-0.25, -0.2) is 8.88 Å². The van der Waals surface area contributed by atoms with E-state index in [-0.39, 0.29) is 19.4 Å². The second kappa shape index (κ2) is 11.9. The van der Waals surface area contributed by atoms with Crippen molar-refractivity contribution in [3.63, 3.8) is 0 Å². The molecule has 1 rings (SSSR count). The first-order chi connectivity index (χ1) is 12.3. The fourth-order valence-electron chi connectivity index (χ4n) is 2.23. The van der Waals surface area contributed by atoms with Gasteiger partial charge in [0.05, 0.1) is 26.0 Å². The molecule has 0 bridgehead atoms. The number of ether oxygens (including phenoxy) is 1. The second-order valence-corrected chi connectivity index (χ2v) is 9.37. The van der Waals surface area contributed by atoms with E-state index in [4.69, 9.17) is 18.1 Å². The number of benzene rings is 1. The molecule has 26 heavy (non-hydrogen) atoms. The molecule has 0 aliphatic rings. The minimum absolute atomic E-state index is 0.0432. The molecule has 0 aliphatic heterocycles. The molecule has 9 heteroatoms. The Balaban J connectivity index is 2.58. The van der Waals surface area contributed by atoms with Gasteiger partial charge in [0.1, 0.15) is 5.75 Å². The zero-order valence-electron chi connectivity index (χ0n) is 15.8. The molecule has 0 heterocycles. The first-order valence-electron chi connectivity index (χ1n) is 8.98. The van der Waals surface area contributed by atoms with E-state index in [0.29, 0.717) is 17.9 Å². The Morgan fingerprint density at radius 2 is 1.54 bits per heavy atom. The minimum Gasteiger partial charge on any atom is -0.494 e. The molecule has 0 saturated heterocycles. The Hall–Kier alpha value is -0.680. The maximum Gasteiger partial charge on any atom is 0.482 e. The van der Waals surface area contributed by atoms with E-state index in [2.05, 4.69) is 6.92 Å². The average Bonchev–Trinajstić information content (AvgIpc) is 2.55. The molecule has 1 unspecified atom stereocenters. The van der Waals surface area contributed by atoms with Gasteiger partial charge in [-0.3, -0.25) is 13.6 Å². The first kappa shape index (κ1) is 23.4. The summed E-state index contributed by atoms with van der Waals surface area (Å²) in [6, 6.07) is 6.83. The summed E-state index contributed by atoms with van der Waals surface area (Å²) in [4.78, 5) is 10.0. The summed E-state index contributed by atoms with van der Waals surface area (Å²) in [6.07, 6.45) is 4.21. The van der Waals surface area contributed by atoms with Crippen LogP contribution in [-0.2, 0) is 28.7 Å². The van der Waals surface area contributed by atoms with Gasteiger partial charge in [0.15, 0.2) is 0 Å². The van der Waals surface area contributed by atoms with Crippen molar-refractivity contribution in [2.24, 2.45) is 0 Å². The van der Waals surface area contributed by atoms with E-state index in [9.17, 15) is 14.0 Å². The van der Waals surface area contributed by atoms with Gasteiger partial charge >= 0.3 is 15.4 Å². The van der Waals surface area contributed by atoms with E-state index in [1.54, 1.807) is 38.1 Å². The monoisotopic (exact) mass is 408 g/mol. The Morgan fingerprint density at radius 3 is 2.08 bits per heavy atom. The molecule has 0 fully saturated rings. The summed E-state index contributed by atoms with van der Waals surface area (Å²) < 4.78 is 44.8. The summed E-state index contributed by atoms with van der Waals surface area (Å²) in [5.74, 6) is 0.702. The zero-order chi connectivity index (χ0) is 19.5. The largest absolute Gasteiger partial charge is 0.494 e. The lowest BCUT2D eigenvalue weighted by Crippen LogP contribution is -2.01. The highest BCUT2D eigenvalue weighted by molar-refractivity contribution is 7.63. The lowest BCUT2D eigenvalue weighted by Gasteiger charge is -2.19. The highest BCUT2D eigenvalue weighted by atomic mass is 31.3. The summed E-state index contributed by atoms with van der Waals surface area (Å²) in [5, 5.41) is 0. The van der Waals surface area contributed by atoms with Gasteiger partial charge in [0.2, 0.25) is 0 Å². The van der Waals surface area contributed by atoms with Crippen molar-refractivity contribution in [3.8, 4) is 5.75 Å². The third-order valence-electron chi connectivity index (χ3n) is 3.37. The molecule has 0 amide bonds. The minimum atomic E-state index is -4.20. The van der Waals surface area contributed by atoms with Crippen LogP contribution in [0.1, 0.15) is 52.0 Å². The molecule has 0 spiro atoms. The second-order valence-electron chi connectivity index (χ2n) is 5.71. The number of unbranched alkanes of at least 4 members (excludes halogenated alkanes) is 3. The third-order valence-corrected chi connectivity index (χ3v) is 7.11. The predicted octanol–water partition coefficient (Wildman–Crippen LogP) is 5.53. The smallest absolute Gasteiger partial charge is 0.482 e. The van der Waals surface area contributed by atoms with Gasteiger partial charge in [-0.05, 0) is 38.0 Å². The lowest BCUT2D eigenvalue weighted by atomic mass is 10.2. The standard InChI is InChI=1S/C17H30O7P2/c1-4-7-8-9-14-21-17-12-10-16(11-13-17)15-25(18,19)24-26(20,22-5-2)23-6-3/h10-13H,4-9,14-15H2,1-3H3,(H,18,19). The molecular formula is C17H30O7P2. The van der Waals surface area contributed by atoms with Gasteiger partial charge < -0.3 is 9.63 Å². The maximum absolute atomic E-state index is 12.3. The van der Waals surface area contributed by atoms with Crippen LogP contribution in [0.3, 0.4) is 0 Å². The summed E-state index contributed by atoms with van der Waals surface area (Å²) >= 11 is 0. The number of hydrogen-bond donors (Lipinski definition) is 1. The molecule has 0 radical (unpaired) electrons. The topological polar surface area (TPSA) is 91.3 Å². The molecule has 150 valence electrons. The third kappa shape index (κ3) is 9.31. The Bertz CT molecular complexity index is 594. The SMILES string of the molecule is CCCCCCOc1ccc(CP(=O)(O)OP(=O)(OCC)OCC)cc1. The van der Waals surface area contributed by atoms with E-state index >= 15 is 0 Å². The number of phosphoric ester groups is 1. The van der Waals surface area contributed by atoms with Crippen molar-refractivity contribution in [2.75, 3.05) is 19.8 Å². The van der Waals surface area contributed by atoms with E-state index < -0.39 is 15.4 Å². The van der Waals surface area contributed by atoms with Crippen LogP contribution in [0.5, 0.6) is 5.75 Å². The van der Waals surface area contributed by atoms with Crippen molar-refractivity contribution in [1.29, 1.82) is 0 Å². The fourth-order valence-corrected chi connectivity index (χ4v) is 5.46. The van der Waals surface area contributed by atoms with E-state index in [1.807, 2.05) is 0 Å². The number of phosphoric acid groups is 1. The van der Waals surface area contributed by atoms with Crippen molar-refractivity contribution < 1.29 is 32.1 Å². The van der Waals surface area contributed by atoms with Crippen LogP contribution in [0.25, 0.3) is 0 Å². The molecule has 7 nitrogen and oxygen atoms in total. The average molecular weight is 408 g/mol. The van der Waals surface area contributed by atoms with Crippen molar-refractivity contribution in [1.82, 2.24) is 0 Å². The maximum atomic E-state index is 12.3. The summed E-state index contributed by atoms with van der Waals surface area (Å²) in [6.45, 7) is 6.08. The normalized spacial score (nSPS) is 14.2. The van der Waals surface area contributed by atoms with Crippen LogP contribution in [0, 0.1) is 0 Å². The first-order valence-corrected chi connectivity index (χ1v) is 12.2. The highest BCUT2D eigenvalue weighted by Gasteiger charge is 2.36. The lowest BCUT2D eigenvalue weighted by molar-refractivity contribution is 0.162. The fraction of sp³-hybridized carbons (Fsp3) is 0.647. The molecule has 1 aromatic rings.